The zero-order valence-corrected chi connectivity index (χ0v) is 17.4. The monoisotopic (exact) mass is 332 g/mol. The van der Waals surface area contributed by atoms with Crippen LogP contribution in [0.25, 0.3) is 0 Å². The molecule has 138 valence electrons. The van der Waals surface area contributed by atoms with Gasteiger partial charge in [0.15, 0.2) is 0 Å². The highest BCUT2D eigenvalue weighted by Gasteiger charge is 2.26. The number of benzene rings is 1. The smallest absolute Gasteiger partial charge is 0.123 e. The fraction of sp³-hybridized carbons (Fsp3) is 0.739. The van der Waals surface area contributed by atoms with Crippen LogP contribution in [0.2, 0.25) is 0 Å². The van der Waals surface area contributed by atoms with Crippen molar-refractivity contribution in [1.82, 2.24) is 0 Å². The van der Waals surface area contributed by atoms with Gasteiger partial charge in [-0.15, -0.1) is 0 Å². The second kappa shape index (κ2) is 8.41. The van der Waals surface area contributed by atoms with E-state index in [1.54, 1.807) is 0 Å². The number of aryl methyl sites for hydroxylation is 1. The number of hydrogen-bond acceptors (Lipinski definition) is 1. The molecule has 0 saturated heterocycles. The second-order valence-electron chi connectivity index (χ2n) is 9.89. The number of phenols is 1. The third-order valence-corrected chi connectivity index (χ3v) is 4.78. The van der Waals surface area contributed by atoms with Gasteiger partial charge in [-0.05, 0) is 46.3 Å². The Hall–Kier alpha value is -0.980. The molecule has 0 aromatic heterocycles. The Labute approximate surface area is 150 Å². The lowest BCUT2D eigenvalue weighted by Gasteiger charge is -2.28. The van der Waals surface area contributed by atoms with Gasteiger partial charge in [-0.3, -0.25) is 0 Å². The normalized spacial score (nSPS) is 12.9. The summed E-state index contributed by atoms with van der Waals surface area (Å²) >= 11 is 0. The molecule has 1 rings (SSSR count). The highest BCUT2D eigenvalue weighted by molar-refractivity contribution is 5.49. The van der Waals surface area contributed by atoms with Gasteiger partial charge in [-0.25, -0.2) is 0 Å². The molecule has 0 spiro atoms. The minimum Gasteiger partial charge on any atom is -0.507 e. The van der Waals surface area contributed by atoms with Crippen LogP contribution in [-0.4, -0.2) is 5.11 Å². The van der Waals surface area contributed by atoms with Crippen molar-refractivity contribution >= 4 is 0 Å². The third-order valence-electron chi connectivity index (χ3n) is 4.78. The third kappa shape index (κ3) is 6.49. The SMILES string of the molecule is CC(C)CCCCCCc1cc(C(C)(C)C)c(O)c(C(C)(C)C)c1. The molecule has 0 aliphatic heterocycles. The van der Waals surface area contributed by atoms with Crippen molar-refractivity contribution in [3.63, 3.8) is 0 Å². The molecule has 0 fully saturated rings. The fourth-order valence-electron chi connectivity index (χ4n) is 3.22. The molecule has 1 heteroatoms. The summed E-state index contributed by atoms with van der Waals surface area (Å²) in [5.41, 5.74) is 3.50. The molecule has 0 amide bonds. The minimum atomic E-state index is -0.0304. The molecule has 0 aliphatic carbocycles. The van der Waals surface area contributed by atoms with Gasteiger partial charge in [0.2, 0.25) is 0 Å². The van der Waals surface area contributed by atoms with Crippen molar-refractivity contribution in [1.29, 1.82) is 0 Å². The summed E-state index contributed by atoms with van der Waals surface area (Å²) in [5.74, 6) is 1.32. The Morgan fingerprint density at radius 2 is 1.25 bits per heavy atom. The summed E-state index contributed by atoms with van der Waals surface area (Å²) in [6.07, 6.45) is 7.72. The van der Waals surface area contributed by atoms with E-state index in [1.165, 1.54) is 37.7 Å². The Bertz CT molecular complexity index is 477. The van der Waals surface area contributed by atoms with Gasteiger partial charge >= 0.3 is 0 Å². The van der Waals surface area contributed by atoms with Crippen molar-refractivity contribution in [2.45, 2.75) is 105 Å². The molecule has 0 unspecified atom stereocenters. The molecule has 0 bridgehead atoms. The molecule has 0 radical (unpaired) electrons. The first-order valence-corrected chi connectivity index (χ1v) is 9.79. The van der Waals surface area contributed by atoms with Gasteiger partial charge < -0.3 is 5.11 Å². The van der Waals surface area contributed by atoms with Crippen LogP contribution in [0.1, 0.15) is 104 Å². The first-order chi connectivity index (χ1) is 10.9. The quantitative estimate of drug-likeness (QED) is 0.526. The first-order valence-electron chi connectivity index (χ1n) is 9.79. The zero-order chi connectivity index (χ0) is 18.5. The Balaban J connectivity index is 2.84. The molecule has 24 heavy (non-hydrogen) atoms. The van der Waals surface area contributed by atoms with E-state index < -0.39 is 0 Å². The van der Waals surface area contributed by atoms with Crippen molar-refractivity contribution in [3.05, 3.63) is 28.8 Å². The van der Waals surface area contributed by atoms with Gasteiger partial charge in [-0.2, -0.15) is 0 Å². The molecule has 1 N–H and O–H groups in total. The highest BCUT2D eigenvalue weighted by atomic mass is 16.3. The van der Waals surface area contributed by atoms with Crippen molar-refractivity contribution in [2.75, 3.05) is 0 Å². The Morgan fingerprint density at radius 1 is 0.792 bits per heavy atom. The van der Waals surface area contributed by atoms with Crippen LogP contribution in [0.15, 0.2) is 12.1 Å². The van der Waals surface area contributed by atoms with Crippen LogP contribution in [0, 0.1) is 5.92 Å². The van der Waals surface area contributed by atoms with Crippen LogP contribution < -0.4 is 0 Å². The van der Waals surface area contributed by atoms with Crippen molar-refractivity contribution in [3.8, 4) is 5.75 Å². The maximum atomic E-state index is 10.8. The lowest BCUT2D eigenvalue weighted by Crippen LogP contribution is -2.18. The predicted molar refractivity (Wildman–Crippen MR) is 107 cm³/mol. The van der Waals surface area contributed by atoms with Crippen LogP contribution in [0.5, 0.6) is 5.75 Å². The molecular weight excluding hydrogens is 292 g/mol. The lowest BCUT2D eigenvalue weighted by molar-refractivity contribution is 0.422. The van der Waals surface area contributed by atoms with E-state index in [4.69, 9.17) is 0 Å². The maximum absolute atomic E-state index is 10.8. The van der Waals surface area contributed by atoms with Gasteiger partial charge in [0.1, 0.15) is 5.75 Å². The predicted octanol–water partition coefficient (Wildman–Crippen LogP) is 7.14. The number of phenolic OH excluding ortho intramolecular Hbond substituents is 1. The van der Waals surface area contributed by atoms with E-state index in [2.05, 4.69) is 67.5 Å². The summed E-state index contributed by atoms with van der Waals surface area (Å²) in [6, 6.07) is 4.47. The Kier molecular flexibility index (Phi) is 7.38. The summed E-state index contributed by atoms with van der Waals surface area (Å²) in [6.45, 7) is 17.7. The largest absolute Gasteiger partial charge is 0.507 e. The minimum absolute atomic E-state index is 0.0304. The van der Waals surface area contributed by atoms with E-state index in [1.807, 2.05) is 0 Å². The molecule has 1 aromatic rings. The van der Waals surface area contributed by atoms with Crippen molar-refractivity contribution in [2.24, 2.45) is 5.92 Å². The zero-order valence-electron chi connectivity index (χ0n) is 17.4. The summed E-state index contributed by atoms with van der Waals surface area (Å²) in [4.78, 5) is 0. The molecule has 1 nitrogen and oxygen atoms in total. The van der Waals surface area contributed by atoms with Gasteiger partial charge in [0.05, 0.1) is 0 Å². The maximum Gasteiger partial charge on any atom is 0.123 e. The van der Waals surface area contributed by atoms with E-state index in [0.717, 1.165) is 23.5 Å². The second-order valence-corrected chi connectivity index (χ2v) is 9.89. The molecular formula is C23H40O. The van der Waals surface area contributed by atoms with Gasteiger partial charge in [0, 0.05) is 0 Å². The highest BCUT2D eigenvalue weighted by Crippen LogP contribution is 2.40. The average Bonchev–Trinajstić information content (AvgIpc) is 2.41. The summed E-state index contributed by atoms with van der Waals surface area (Å²) < 4.78 is 0. The molecule has 0 saturated carbocycles. The van der Waals surface area contributed by atoms with Crippen LogP contribution in [0.4, 0.5) is 0 Å². The summed E-state index contributed by atoms with van der Waals surface area (Å²) in [5, 5.41) is 10.8. The number of hydrogen-bond donors (Lipinski definition) is 1. The van der Waals surface area contributed by atoms with E-state index in [9.17, 15) is 5.11 Å². The molecule has 1 aromatic carbocycles. The topological polar surface area (TPSA) is 20.2 Å². The lowest BCUT2D eigenvalue weighted by atomic mass is 9.78. The van der Waals surface area contributed by atoms with E-state index in [0.29, 0.717) is 5.75 Å². The number of rotatable bonds is 7. The fourth-order valence-corrected chi connectivity index (χ4v) is 3.22. The average molecular weight is 333 g/mol. The standard InChI is InChI=1S/C23H40O/c1-17(2)13-11-9-10-12-14-18-15-19(22(3,4)5)21(24)20(16-18)23(6,7)8/h15-17,24H,9-14H2,1-8H3. The number of aromatic hydroxyl groups is 1. The van der Waals surface area contributed by atoms with Crippen LogP contribution in [0.3, 0.4) is 0 Å². The molecule has 0 heterocycles. The molecule has 0 atom stereocenters. The van der Waals surface area contributed by atoms with E-state index >= 15 is 0 Å². The first kappa shape index (κ1) is 21.1. The van der Waals surface area contributed by atoms with E-state index in [-0.39, 0.29) is 10.8 Å². The van der Waals surface area contributed by atoms with Crippen molar-refractivity contribution < 1.29 is 5.11 Å². The number of unbranched alkanes of at least 4 members (excludes halogenated alkanes) is 3. The molecule has 0 aliphatic rings. The van der Waals surface area contributed by atoms with Gasteiger partial charge in [-0.1, -0.05) is 93.2 Å². The van der Waals surface area contributed by atoms with Crippen LogP contribution in [-0.2, 0) is 17.3 Å². The van der Waals surface area contributed by atoms with Gasteiger partial charge in [0.25, 0.3) is 0 Å². The Morgan fingerprint density at radius 3 is 1.67 bits per heavy atom. The summed E-state index contributed by atoms with van der Waals surface area (Å²) in [7, 11) is 0. The van der Waals surface area contributed by atoms with Crippen LogP contribution >= 0.6 is 0 Å².